The van der Waals surface area contributed by atoms with Crippen molar-refractivity contribution in [1.82, 2.24) is 35.5 Å². The molecule has 1 saturated heterocycles. The Hall–Kier alpha value is -1.86. The molecule has 3 rings (SSSR count). The van der Waals surface area contributed by atoms with Crippen LogP contribution < -0.4 is 38.9 Å². The second-order valence-corrected chi connectivity index (χ2v) is 6.84. The van der Waals surface area contributed by atoms with Crippen LogP contribution >= 0.6 is 0 Å². The average Bonchev–Trinajstić information content (AvgIpc) is 3.07. The molecule has 0 aromatic carbocycles. The first-order valence-corrected chi connectivity index (χ1v) is 8.66. The van der Waals surface area contributed by atoms with E-state index in [1.165, 1.54) is 0 Å². The van der Waals surface area contributed by atoms with Crippen molar-refractivity contribution < 1.29 is 0 Å². The third-order valence-corrected chi connectivity index (χ3v) is 4.46. The molecule has 11 nitrogen and oxygen atoms in total. The van der Waals surface area contributed by atoms with E-state index in [9.17, 15) is 0 Å². The van der Waals surface area contributed by atoms with E-state index >= 15 is 0 Å². The second-order valence-electron chi connectivity index (χ2n) is 6.84. The van der Waals surface area contributed by atoms with Gasteiger partial charge in [0.05, 0.1) is 5.69 Å². The summed E-state index contributed by atoms with van der Waals surface area (Å²) in [6.45, 7) is 7.86. The van der Waals surface area contributed by atoms with Crippen molar-refractivity contribution >= 4 is 0 Å². The summed E-state index contributed by atoms with van der Waals surface area (Å²) in [5, 5.41) is 9.05. The first-order valence-electron chi connectivity index (χ1n) is 8.66. The van der Waals surface area contributed by atoms with Gasteiger partial charge >= 0.3 is 0 Å². The van der Waals surface area contributed by atoms with Crippen LogP contribution in [0.25, 0.3) is 0 Å². The van der Waals surface area contributed by atoms with Crippen LogP contribution in [0, 0.1) is 13.8 Å². The molecule has 0 saturated carbocycles. The smallest absolute Gasteiger partial charge is 0.204 e. The van der Waals surface area contributed by atoms with Gasteiger partial charge in [0.15, 0.2) is 11.8 Å². The molecule has 0 spiro atoms. The summed E-state index contributed by atoms with van der Waals surface area (Å²) in [6, 6.07) is 0. The molecule has 0 radical (unpaired) electrons. The number of aromatic amines is 1. The van der Waals surface area contributed by atoms with E-state index in [-0.39, 0.29) is 0 Å². The molecule has 1 aliphatic rings. The number of H-pyrrole nitrogens is 1. The van der Waals surface area contributed by atoms with Gasteiger partial charge in [-0.05, 0) is 20.3 Å². The van der Waals surface area contributed by atoms with E-state index < -0.39 is 17.6 Å². The number of aromatic nitrogens is 4. The zero-order valence-corrected chi connectivity index (χ0v) is 15.6. The minimum Gasteiger partial charge on any atom is -0.346 e. The predicted octanol–water partition coefficient (Wildman–Crippen LogP) is -2.15. The number of imidazole rings is 2. The number of nitrogens with zero attached hydrogens (tertiary/aromatic N) is 3. The summed E-state index contributed by atoms with van der Waals surface area (Å²) in [6.07, 6.45) is 3.42. The Morgan fingerprint density at radius 2 is 1.58 bits per heavy atom. The Labute approximate surface area is 152 Å². The van der Waals surface area contributed by atoms with Crippen molar-refractivity contribution in [2.75, 3.05) is 0 Å². The van der Waals surface area contributed by atoms with Crippen molar-refractivity contribution in [2.45, 2.75) is 58.1 Å². The largest absolute Gasteiger partial charge is 0.346 e. The van der Waals surface area contributed by atoms with E-state index in [0.717, 1.165) is 35.9 Å². The van der Waals surface area contributed by atoms with Gasteiger partial charge in [0, 0.05) is 18.3 Å². The highest BCUT2D eigenvalue weighted by Crippen LogP contribution is 2.28. The van der Waals surface area contributed by atoms with Gasteiger partial charge in [-0.25, -0.2) is 25.9 Å². The van der Waals surface area contributed by atoms with Crippen LogP contribution in [0.1, 0.15) is 42.6 Å². The zero-order chi connectivity index (χ0) is 19.3. The van der Waals surface area contributed by atoms with Gasteiger partial charge in [-0.1, -0.05) is 13.8 Å². The Balaban J connectivity index is 2.28. The quantitative estimate of drug-likeness (QED) is 0.280. The molecule has 144 valence electrons. The maximum atomic E-state index is 6.17. The minimum absolute atomic E-state index is 0.638. The SMILES string of the molecule is CCc1cn(C2(c3nc(CC)[nH]c3C)NC(N)(N)NC(N)(N)N2)c(C)n1. The minimum atomic E-state index is -1.56. The third kappa shape index (κ3) is 3.14. The molecule has 0 amide bonds. The fourth-order valence-corrected chi connectivity index (χ4v) is 3.47. The highest BCUT2D eigenvalue weighted by atomic mass is 15.7. The van der Waals surface area contributed by atoms with E-state index in [2.05, 4.69) is 25.9 Å². The van der Waals surface area contributed by atoms with Gasteiger partial charge in [0.1, 0.15) is 17.3 Å². The molecule has 0 bridgehead atoms. The molecule has 3 heterocycles. The molecule has 1 aliphatic heterocycles. The fraction of sp³-hybridized carbons (Fsp3) is 0.600. The van der Waals surface area contributed by atoms with Crippen LogP contribution in [0.3, 0.4) is 0 Å². The summed E-state index contributed by atoms with van der Waals surface area (Å²) in [5.74, 6) is -2.76. The van der Waals surface area contributed by atoms with Crippen molar-refractivity contribution in [2.24, 2.45) is 22.9 Å². The predicted molar refractivity (Wildman–Crippen MR) is 97.7 cm³/mol. The second kappa shape index (κ2) is 6.09. The van der Waals surface area contributed by atoms with Crippen LogP contribution in [-0.4, -0.2) is 31.3 Å². The Kier molecular flexibility index (Phi) is 4.43. The standard InChI is InChI=1S/C15H29N11/c1-5-10-7-26(9(4)21-10)13(12-8(3)20-11(6-2)22-12)23-14(16,17)25-15(18,19)24-13/h7,23-25H,5-6,16-19H2,1-4H3,(H,20,22). The first kappa shape index (κ1) is 18.9. The average molecular weight is 363 g/mol. The fourth-order valence-electron chi connectivity index (χ4n) is 3.47. The number of aryl methyl sites for hydroxylation is 4. The number of hydrogen-bond donors (Lipinski definition) is 8. The molecule has 11 heteroatoms. The lowest BCUT2D eigenvalue weighted by atomic mass is 10.1. The highest BCUT2D eigenvalue weighted by Gasteiger charge is 2.52. The molecule has 1 fully saturated rings. The van der Waals surface area contributed by atoms with Crippen molar-refractivity contribution in [3.8, 4) is 0 Å². The summed E-state index contributed by atoms with van der Waals surface area (Å²) in [4.78, 5) is 12.6. The van der Waals surface area contributed by atoms with E-state index in [0.29, 0.717) is 5.69 Å². The van der Waals surface area contributed by atoms with Crippen molar-refractivity contribution in [3.05, 3.63) is 34.9 Å². The topological polar surface area (TPSA) is 187 Å². The van der Waals surface area contributed by atoms with Gasteiger partial charge in [0.2, 0.25) is 5.79 Å². The monoisotopic (exact) mass is 363 g/mol. The molecule has 2 aromatic rings. The van der Waals surface area contributed by atoms with Crippen molar-refractivity contribution in [1.29, 1.82) is 0 Å². The normalized spacial score (nSPS) is 21.1. The van der Waals surface area contributed by atoms with Crippen LogP contribution in [-0.2, 0) is 18.6 Å². The molecule has 0 atom stereocenters. The Bertz CT molecular complexity index is 734. The number of nitrogens with two attached hydrogens (primary N) is 4. The van der Waals surface area contributed by atoms with E-state index in [4.69, 9.17) is 27.9 Å². The molecular formula is C15H29N11. The summed E-state index contributed by atoms with van der Waals surface area (Å²) < 4.78 is 1.87. The molecule has 0 aliphatic carbocycles. The Morgan fingerprint density at radius 3 is 2.04 bits per heavy atom. The van der Waals surface area contributed by atoms with Crippen molar-refractivity contribution in [3.63, 3.8) is 0 Å². The lowest BCUT2D eigenvalue weighted by Gasteiger charge is -2.53. The van der Waals surface area contributed by atoms with Gasteiger partial charge in [-0.2, -0.15) is 0 Å². The molecular weight excluding hydrogens is 334 g/mol. The zero-order valence-electron chi connectivity index (χ0n) is 15.6. The van der Waals surface area contributed by atoms with E-state index in [1.54, 1.807) is 0 Å². The first-order chi connectivity index (χ1) is 12.0. The maximum absolute atomic E-state index is 6.17. The summed E-state index contributed by atoms with van der Waals surface area (Å²) >= 11 is 0. The highest BCUT2D eigenvalue weighted by molar-refractivity contribution is 5.27. The van der Waals surface area contributed by atoms with Crippen LogP contribution in [0.4, 0.5) is 0 Å². The lowest BCUT2D eigenvalue weighted by molar-refractivity contribution is -0.0237. The maximum Gasteiger partial charge on any atom is 0.204 e. The van der Waals surface area contributed by atoms with Gasteiger partial charge < -0.3 is 4.98 Å². The number of hydrogen-bond acceptors (Lipinski definition) is 9. The number of nitrogens with one attached hydrogen (secondary N) is 4. The summed E-state index contributed by atoms with van der Waals surface area (Å²) in [7, 11) is 0. The molecule has 12 N–H and O–H groups in total. The number of rotatable bonds is 4. The third-order valence-electron chi connectivity index (χ3n) is 4.46. The van der Waals surface area contributed by atoms with Crippen LogP contribution in [0.15, 0.2) is 6.20 Å². The molecule has 2 aromatic heterocycles. The summed E-state index contributed by atoms with van der Waals surface area (Å²) in [5.41, 5.74) is 27.0. The Morgan fingerprint density at radius 1 is 0.962 bits per heavy atom. The lowest BCUT2D eigenvalue weighted by Crippen LogP contribution is -2.95. The van der Waals surface area contributed by atoms with Gasteiger partial charge in [-0.3, -0.25) is 27.5 Å². The van der Waals surface area contributed by atoms with Gasteiger partial charge in [-0.15, -0.1) is 0 Å². The van der Waals surface area contributed by atoms with Gasteiger partial charge in [0.25, 0.3) is 0 Å². The van der Waals surface area contributed by atoms with E-state index in [1.807, 2.05) is 38.5 Å². The van der Waals surface area contributed by atoms with Crippen LogP contribution in [0.5, 0.6) is 0 Å². The van der Waals surface area contributed by atoms with Crippen LogP contribution in [0.2, 0.25) is 0 Å². The molecule has 0 unspecified atom stereocenters. The molecule has 26 heavy (non-hydrogen) atoms.